The summed E-state index contributed by atoms with van der Waals surface area (Å²) in [6.45, 7) is 2.59. The van der Waals surface area contributed by atoms with E-state index in [1.807, 2.05) is 0 Å². The number of guanidine groups is 1. The summed E-state index contributed by atoms with van der Waals surface area (Å²) in [6.07, 6.45) is -1.10. The van der Waals surface area contributed by atoms with Crippen molar-refractivity contribution in [2.75, 3.05) is 19.7 Å². The van der Waals surface area contributed by atoms with Crippen LogP contribution in [0, 0.1) is 0 Å². The van der Waals surface area contributed by atoms with E-state index in [4.69, 9.17) is 62.7 Å². The number of alkyl carbamates (subject to hydrolysis) is 1. The first-order valence-corrected chi connectivity index (χ1v) is 14.6. The molecule has 4 heterocycles. The van der Waals surface area contributed by atoms with Gasteiger partial charge < -0.3 is 35.8 Å². The van der Waals surface area contributed by atoms with Crippen LogP contribution in [0.2, 0.25) is 10.0 Å². The number of ether oxygens (including phenoxy) is 1. The third-order valence-corrected chi connectivity index (χ3v) is 8.64. The molecule has 0 saturated carbocycles. The molecule has 3 fully saturated rings. The molecular formula is C24H24Cl5N7O7. The monoisotopic (exact) mass is 697 g/mol. The zero-order valence-electron chi connectivity index (χ0n) is 21.9. The van der Waals surface area contributed by atoms with Gasteiger partial charge >= 0.3 is 6.09 Å². The molecule has 19 heteroatoms. The van der Waals surface area contributed by atoms with Gasteiger partial charge in [0.15, 0.2) is 5.66 Å². The SMILES string of the molecule is C=C1N[C@H]2[C@H](CN3C(=O)CCC3=O)N=C(NC(=O)OCC(Cl)(Cl)Cl)N3CC(NC(=O)c4cccc(Cl)c4Cl)C(O)(O)[C@]23N1. The van der Waals surface area contributed by atoms with Crippen molar-refractivity contribution in [2.45, 2.75) is 46.2 Å². The molecule has 0 radical (unpaired) electrons. The first-order valence-electron chi connectivity index (χ1n) is 12.7. The van der Waals surface area contributed by atoms with Gasteiger partial charge in [-0.1, -0.05) is 70.7 Å². The number of benzene rings is 1. The summed E-state index contributed by atoms with van der Waals surface area (Å²) in [7, 11) is 0. The van der Waals surface area contributed by atoms with Crippen LogP contribution in [0.3, 0.4) is 0 Å². The number of imide groups is 1. The fraction of sp³-hybridized carbons (Fsp3) is 0.458. The number of carbonyl (C=O) groups is 4. The zero-order chi connectivity index (χ0) is 31.5. The molecule has 4 amide bonds. The van der Waals surface area contributed by atoms with E-state index in [-0.39, 0.29) is 53.3 Å². The topological polar surface area (TPSA) is 185 Å². The number of aliphatic hydroxyl groups is 2. The van der Waals surface area contributed by atoms with E-state index in [0.717, 1.165) is 4.90 Å². The van der Waals surface area contributed by atoms with Crippen LogP contribution in [0.1, 0.15) is 23.2 Å². The van der Waals surface area contributed by atoms with Crippen LogP contribution >= 0.6 is 58.0 Å². The van der Waals surface area contributed by atoms with Crippen molar-refractivity contribution in [3.8, 4) is 0 Å². The minimum atomic E-state index is -2.81. The van der Waals surface area contributed by atoms with Crippen LogP contribution < -0.4 is 21.3 Å². The highest BCUT2D eigenvalue weighted by molar-refractivity contribution is 6.67. The molecule has 1 aromatic rings. The maximum Gasteiger partial charge on any atom is 0.414 e. The van der Waals surface area contributed by atoms with Gasteiger partial charge in [-0.2, -0.15) is 0 Å². The first kappa shape index (κ1) is 31.7. The van der Waals surface area contributed by atoms with Gasteiger partial charge in [-0.25, -0.2) is 9.79 Å². The summed E-state index contributed by atoms with van der Waals surface area (Å²) in [5.41, 5.74) is -1.99. The summed E-state index contributed by atoms with van der Waals surface area (Å²) in [4.78, 5) is 57.7. The van der Waals surface area contributed by atoms with E-state index in [1.165, 1.54) is 23.1 Å². The molecule has 1 spiro atoms. The lowest BCUT2D eigenvalue weighted by molar-refractivity contribution is -0.231. The maximum atomic E-state index is 13.2. The van der Waals surface area contributed by atoms with E-state index in [0.29, 0.717) is 0 Å². The van der Waals surface area contributed by atoms with Crippen LogP contribution in [0.25, 0.3) is 0 Å². The minimum Gasteiger partial charge on any atom is -0.445 e. The number of rotatable bonds is 5. The average Bonchev–Trinajstić information content (AvgIpc) is 3.51. The Morgan fingerprint density at radius 3 is 2.51 bits per heavy atom. The maximum absolute atomic E-state index is 13.2. The number of amides is 4. The number of aliphatic imine (C=N–C) groups is 1. The van der Waals surface area contributed by atoms with Crippen molar-refractivity contribution in [2.24, 2.45) is 4.99 Å². The molecule has 0 aromatic heterocycles. The molecule has 4 aliphatic rings. The van der Waals surface area contributed by atoms with Gasteiger partial charge in [0.1, 0.15) is 12.6 Å². The van der Waals surface area contributed by atoms with Gasteiger partial charge in [-0.05, 0) is 12.1 Å². The van der Waals surface area contributed by atoms with Gasteiger partial charge in [0, 0.05) is 19.4 Å². The van der Waals surface area contributed by atoms with Gasteiger partial charge in [-0.15, -0.1) is 0 Å². The highest BCUT2D eigenvalue weighted by atomic mass is 35.6. The van der Waals surface area contributed by atoms with E-state index in [2.05, 4.69) is 32.8 Å². The molecule has 232 valence electrons. The van der Waals surface area contributed by atoms with E-state index in [9.17, 15) is 29.4 Å². The second-order valence-electron chi connectivity index (χ2n) is 10.2. The van der Waals surface area contributed by atoms with Crippen molar-refractivity contribution < 1.29 is 34.1 Å². The Morgan fingerprint density at radius 1 is 1.19 bits per heavy atom. The Kier molecular flexibility index (Phi) is 8.35. The lowest BCUT2D eigenvalue weighted by atomic mass is 9.85. The predicted molar refractivity (Wildman–Crippen MR) is 155 cm³/mol. The van der Waals surface area contributed by atoms with Gasteiger partial charge in [-0.3, -0.25) is 24.6 Å². The van der Waals surface area contributed by atoms with Crippen molar-refractivity contribution in [3.05, 3.63) is 46.2 Å². The molecule has 1 aromatic carbocycles. The quantitative estimate of drug-likeness (QED) is 0.146. The number of halogens is 5. The van der Waals surface area contributed by atoms with E-state index < -0.39 is 63.8 Å². The standard InChI is InChI=1S/C24H24Cl5N7O7/c1-10-30-18-13(7-35-15(37)5-6-16(35)38)31-20(33-21(40)43-9-22(27,28)29)36-8-14(24(41,42)23(18,36)34-10)32-19(39)11-3-2-4-12(25)17(11)26/h2-4,13-14,18,30,34,41-42H,1,5-9H2,(H,32,39)(H,31,33,40)/t13-,14?,18-,23-/m0/s1. The predicted octanol–water partition coefficient (Wildman–Crippen LogP) is 0.801. The molecular weight excluding hydrogens is 676 g/mol. The van der Waals surface area contributed by atoms with Crippen molar-refractivity contribution >= 4 is 87.8 Å². The highest BCUT2D eigenvalue weighted by Crippen LogP contribution is 2.45. The summed E-state index contributed by atoms with van der Waals surface area (Å²) in [5.74, 6) is -4.59. The van der Waals surface area contributed by atoms with Crippen molar-refractivity contribution in [1.82, 2.24) is 31.1 Å². The fourth-order valence-electron chi connectivity index (χ4n) is 5.64. The van der Waals surface area contributed by atoms with Crippen molar-refractivity contribution in [3.63, 3.8) is 0 Å². The van der Waals surface area contributed by atoms with Crippen LogP contribution in [0.15, 0.2) is 35.6 Å². The number of hydrogen-bond donors (Lipinski definition) is 6. The molecule has 43 heavy (non-hydrogen) atoms. The molecule has 4 aliphatic heterocycles. The average molecular weight is 700 g/mol. The van der Waals surface area contributed by atoms with Crippen LogP contribution in [-0.2, 0) is 14.3 Å². The summed E-state index contributed by atoms with van der Waals surface area (Å²) >= 11 is 29.3. The van der Waals surface area contributed by atoms with Gasteiger partial charge in [0.25, 0.3) is 5.91 Å². The number of alkyl halides is 3. The Morgan fingerprint density at radius 2 is 1.86 bits per heavy atom. The summed E-state index contributed by atoms with van der Waals surface area (Å²) in [5, 5.41) is 34.5. The number of likely N-dealkylation sites (tertiary alicyclic amines) is 1. The van der Waals surface area contributed by atoms with Gasteiger partial charge in [0.2, 0.25) is 27.4 Å². The largest absolute Gasteiger partial charge is 0.445 e. The normalized spacial score (nSPS) is 27.7. The Bertz CT molecular complexity index is 1420. The molecule has 0 aliphatic carbocycles. The second kappa shape index (κ2) is 11.3. The molecule has 3 saturated heterocycles. The van der Waals surface area contributed by atoms with Crippen LogP contribution in [0.4, 0.5) is 4.79 Å². The Hall–Kier alpha value is -2.72. The first-order chi connectivity index (χ1) is 20.0. The third-order valence-electron chi connectivity index (χ3n) is 7.49. The fourth-order valence-corrected chi connectivity index (χ4v) is 6.19. The number of carbonyl (C=O) groups excluding carboxylic acids is 4. The molecule has 1 unspecified atom stereocenters. The number of nitrogens with zero attached hydrogens (tertiary/aromatic N) is 3. The minimum absolute atomic E-state index is 0.00809. The zero-order valence-corrected chi connectivity index (χ0v) is 25.7. The van der Waals surface area contributed by atoms with E-state index >= 15 is 0 Å². The summed E-state index contributed by atoms with van der Waals surface area (Å²) < 4.78 is 3.04. The summed E-state index contributed by atoms with van der Waals surface area (Å²) in [6, 6.07) is 0.805. The molecule has 0 bridgehead atoms. The van der Waals surface area contributed by atoms with Crippen LogP contribution in [-0.4, -0.2) is 103 Å². The van der Waals surface area contributed by atoms with Crippen LogP contribution in [0.5, 0.6) is 0 Å². The second-order valence-corrected chi connectivity index (χ2v) is 13.5. The number of hydrogen-bond acceptors (Lipinski definition) is 11. The Balaban J connectivity index is 1.52. The lowest BCUT2D eigenvalue weighted by Gasteiger charge is -2.49. The third kappa shape index (κ3) is 5.65. The molecule has 4 atom stereocenters. The Labute approximate surface area is 269 Å². The van der Waals surface area contributed by atoms with E-state index in [1.54, 1.807) is 0 Å². The molecule has 5 rings (SSSR count). The molecule has 14 nitrogen and oxygen atoms in total. The highest BCUT2D eigenvalue weighted by Gasteiger charge is 2.74. The van der Waals surface area contributed by atoms with Crippen molar-refractivity contribution in [1.29, 1.82) is 0 Å². The lowest BCUT2D eigenvalue weighted by Crippen LogP contribution is -2.78. The smallest absolute Gasteiger partial charge is 0.414 e. The number of nitrogens with one attached hydrogen (secondary N) is 4. The van der Waals surface area contributed by atoms with Gasteiger partial charge in [0.05, 0.1) is 40.1 Å². The molecule has 6 N–H and O–H groups in total.